The molecular formula is C20H23FN5O2+. The number of carbonyl (C=O) groups is 2. The van der Waals surface area contributed by atoms with Crippen LogP contribution in [0.4, 0.5) is 16.0 Å². The number of aromatic nitrogens is 2. The van der Waals surface area contributed by atoms with Gasteiger partial charge in [-0.05, 0) is 44.2 Å². The molecule has 0 unspecified atom stereocenters. The highest BCUT2D eigenvalue weighted by Crippen LogP contribution is 2.22. The standard InChI is InChI=1S/C20H22FN5O2/c1-13-11-14(2)23-20(22-13)25-9-7-24(8-10-25)17-12-18(27)26(19(17)28)16-5-3-15(21)4-6-16/h3-6,11,17H,7-10,12H2,1-2H3/p+1/t17-/m0/s1. The number of nitrogens with one attached hydrogen (secondary N) is 1. The molecule has 1 aromatic carbocycles. The molecule has 2 amide bonds. The van der Waals surface area contributed by atoms with Crippen LogP contribution in [0.3, 0.4) is 0 Å². The summed E-state index contributed by atoms with van der Waals surface area (Å²) in [5, 5.41) is 0. The van der Waals surface area contributed by atoms with Gasteiger partial charge in [0.05, 0.1) is 38.3 Å². The molecule has 1 aromatic heterocycles. The molecule has 2 saturated heterocycles. The fourth-order valence-electron chi connectivity index (χ4n) is 4.00. The number of carbonyl (C=O) groups excluding carboxylic acids is 2. The largest absolute Gasteiger partial charge is 0.330 e. The Bertz CT molecular complexity index is 889. The molecule has 146 valence electrons. The number of imide groups is 1. The zero-order chi connectivity index (χ0) is 19.8. The Kier molecular flexibility index (Phi) is 4.80. The number of rotatable bonds is 3. The lowest BCUT2D eigenvalue weighted by Gasteiger charge is -2.34. The summed E-state index contributed by atoms with van der Waals surface area (Å²) < 4.78 is 13.2. The number of anilines is 2. The van der Waals surface area contributed by atoms with E-state index in [1.54, 1.807) is 0 Å². The maximum Gasteiger partial charge on any atom is 0.292 e. The first-order chi connectivity index (χ1) is 13.4. The minimum absolute atomic E-state index is 0.186. The van der Waals surface area contributed by atoms with Gasteiger partial charge in [-0.25, -0.2) is 19.3 Å². The van der Waals surface area contributed by atoms with Crippen molar-refractivity contribution in [3.05, 3.63) is 47.5 Å². The summed E-state index contributed by atoms with van der Waals surface area (Å²) >= 11 is 0. The summed E-state index contributed by atoms with van der Waals surface area (Å²) in [6.45, 7) is 6.83. The summed E-state index contributed by atoms with van der Waals surface area (Å²) in [6, 6.07) is 7.02. The first-order valence-electron chi connectivity index (χ1n) is 9.46. The van der Waals surface area contributed by atoms with Gasteiger partial charge in [0.1, 0.15) is 5.82 Å². The molecule has 1 atom stereocenters. The Labute approximate surface area is 162 Å². The zero-order valence-corrected chi connectivity index (χ0v) is 16.0. The Balaban J connectivity index is 1.44. The van der Waals surface area contributed by atoms with Gasteiger partial charge in [-0.15, -0.1) is 0 Å². The lowest BCUT2D eigenvalue weighted by Crippen LogP contribution is -3.19. The quantitative estimate of drug-likeness (QED) is 0.770. The number of quaternary nitrogens is 1. The molecule has 2 fully saturated rings. The number of hydrogen-bond donors (Lipinski definition) is 1. The van der Waals surface area contributed by atoms with Gasteiger partial charge in [-0.1, -0.05) is 0 Å². The molecule has 28 heavy (non-hydrogen) atoms. The van der Waals surface area contributed by atoms with Crippen LogP contribution in [0.25, 0.3) is 0 Å². The van der Waals surface area contributed by atoms with E-state index in [9.17, 15) is 14.0 Å². The van der Waals surface area contributed by atoms with Gasteiger partial charge in [0, 0.05) is 11.4 Å². The van der Waals surface area contributed by atoms with E-state index in [0.717, 1.165) is 48.4 Å². The second kappa shape index (κ2) is 7.27. The molecule has 0 aliphatic carbocycles. The van der Waals surface area contributed by atoms with E-state index in [4.69, 9.17) is 0 Å². The maximum atomic E-state index is 13.2. The van der Waals surface area contributed by atoms with Crippen molar-refractivity contribution < 1.29 is 18.9 Å². The molecular weight excluding hydrogens is 361 g/mol. The van der Waals surface area contributed by atoms with Gasteiger partial charge in [0.25, 0.3) is 5.91 Å². The molecule has 7 nitrogen and oxygen atoms in total. The van der Waals surface area contributed by atoms with Crippen LogP contribution in [0.1, 0.15) is 17.8 Å². The topological polar surface area (TPSA) is 70.8 Å². The molecule has 4 rings (SSSR count). The van der Waals surface area contributed by atoms with Crippen LogP contribution >= 0.6 is 0 Å². The van der Waals surface area contributed by atoms with Gasteiger partial charge in [0.2, 0.25) is 11.9 Å². The summed E-state index contributed by atoms with van der Waals surface area (Å²) in [6.07, 6.45) is 0.186. The lowest BCUT2D eigenvalue weighted by molar-refractivity contribution is -0.915. The SMILES string of the molecule is Cc1cc(C)nc(N2CC[NH+]([C@H]3CC(=O)N(c4ccc(F)cc4)C3=O)CC2)n1. The zero-order valence-electron chi connectivity index (χ0n) is 16.0. The van der Waals surface area contributed by atoms with Gasteiger partial charge in [0.15, 0.2) is 6.04 Å². The minimum Gasteiger partial charge on any atom is -0.330 e. The summed E-state index contributed by atoms with van der Waals surface area (Å²) in [4.78, 5) is 38.8. The van der Waals surface area contributed by atoms with Crippen LogP contribution in [0, 0.1) is 19.7 Å². The normalized spacial score (nSPS) is 20.9. The third kappa shape index (κ3) is 3.47. The van der Waals surface area contributed by atoms with Crippen LogP contribution < -0.4 is 14.7 Å². The molecule has 2 aliphatic heterocycles. The van der Waals surface area contributed by atoms with Crippen molar-refractivity contribution in [2.24, 2.45) is 0 Å². The molecule has 2 aromatic rings. The fraction of sp³-hybridized carbons (Fsp3) is 0.400. The highest BCUT2D eigenvalue weighted by atomic mass is 19.1. The van der Waals surface area contributed by atoms with E-state index < -0.39 is 5.82 Å². The molecule has 1 N–H and O–H groups in total. The predicted octanol–water partition coefficient (Wildman–Crippen LogP) is 0.270. The number of benzene rings is 1. The van der Waals surface area contributed by atoms with Crippen LogP contribution in [-0.2, 0) is 9.59 Å². The van der Waals surface area contributed by atoms with Crippen molar-refractivity contribution in [3.63, 3.8) is 0 Å². The highest BCUT2D eigenvalue weighted by molar-refractivity contribution is 6.21. The average Bonchev–Trinajstić information content (AvgIpc) is 2.96. The number of halogens is 1. The fourth-order valence-corrected chi connectivity index (χ4v) is 4.00. The molecule has 8 heteroatoms. The number of piperazine rings is 1. The molecule has 3 heterocycles. The first kappa shape index (κ1) is 18.5. The minimum atomic E-state index is -0.394. The Morgan fingerprint density at radius 1 is 1.04 bits per heavy atom. The third-order valence-corrected chi connectivity index (χ3v) is 5.38. The Morgan fingerprint density at radius 2 is 1.64 bits per heavy atom. The number of amides is 2. The van der Waals surface area contributed by atoms with Crippen molar-refractivity contribution >= 4 is 23.5 Å². The van der Waals surface area contributed by atoms with E-state index in [2.05, 4.69) is 14.9 Å². The number of aryl methyl sites for hydroxylation is 2. The van der Waals surface area contributed by atoms with Crippen LogP contribution in [0.5, 0.6) is 0 Å². The van der Waals surface area contributed by atoms with Crippen molar-refractivity contribution in [3.8, 4) is 0 Å². The second-order valence-electron chi connectivity index (χ2n) is 7.40. The smallest absolute Gasteiger partial charge is 0.292 e. The molecule has 0 spiro atoms. The Hall–Kier alpha value is -2.87. The molecule has 0 bridgehead atoms. The van der Waals surface area contributed by atoms with Crippen LogP contribution in [0.2, 0.25) is 0 Å². The first-order valence-corrected chi connectivity index (χ1v) is 9.46. The Morgan fingerprint density at radius 3 is 2.25 bits per heavy atom. The van der Waals surface area contributed by atoms with Crippen molar-refractivity contribution in [2.75, 3.05) is 36.0 Å². The number of hydrogen-bond acceptors (Lipinski definition) is 5. The van der Waals surface area contributed by atoms with Gasteiger partial charge in [-0.3, -0.25) is 9.59 Å². The highest BCUT2D eigenvalue weighted by Gasteiger charge is 2.46. The summed E-state index contributed by atoms with van der Waals surface area (Å²) in [5.41, 5.74) is 2.30. The van der Waals surface area contributed by atoms with Gasteiger partial charge < -0.3 is 9.80 Å². The molecule has 0 saturated carbocycles. The lowest BCUT2D eigenvalue weighted by atomic mass is 10.2. The monoisotopic (exact) mass is 384 g/mol. The second-order valence-corrected chi connectivity index (χ2v) is 7.40. The van der Waals surface area contributed by atoms with E-state index in [-0.39, 0.29) is 24.3 Å². The van der Waals surface area contributed by atoms with Crippen molar-refractivity contribution in [1.29, 1.82) is 0 Å². The van der Waals surface area contributed by atoms with Crippen molar-refractivity contribution in [1.82, 2.24) is 9.97 Å². The van der Waals surface area contributed by atoms with E-state index in [1.807, 2.05) is 19.9 Å². The van der Waals surface area contributed by atoms with Gasteiger partial charge >= 0.3 is 0 Å². The van der Waals surface area contributed by atoms with Crippen LogP contribution in [0.15, 0.2) is 30.3 Å². The molecule has 2 aliphatic rings. The average molecular weight is 384 g/mol. The number of nitrogens with zero attached hydrogens (tertiary/aromatic N) is 4. The third-order valence-electron chi connectivity index (χ3n) is 5.38. The summed E-state index contributed by atoms with van der Waals surface area (Å²) in [7, 11) is 0. The van der Waals surface area contributed by atoms with Crippen LogP contribution in [-0.4, -0.2) is 54.0 Å². The molecule has 0 radical (unpaired) electrons. The van der Waals surface area contributed by atoms with Gasteiger partial charge in [-0.2, -0.15) is 0 Å². The van der Waals surface area contributed by atoms with E-state index in [0.29, 0.717) is 5.69 Å². The van der Waals surface area contributed by atoms with E-state index in [1.165, 1.54) is 29.2 Å². The predicted molar refractivity (Wildman–Crippen MR) is 102 cm³/mol. The van der Waals surface area contributed by atoms with E-state index >= 15 is 0 Å². The summed E-state index contributed by atoms with van der Waals surface area (Å²) in [5.74, 6) is -0.107. The maximum absolute atomic E-state index is 13.2. The van der Waals surface area contributed by atoms with Crippen molar-refractivity contribution in [2.45, 2.75) is 26.3 Å².